The number of para-hydroxylation sites is 1. The van der Waals surface area contributed by atoms with Gasteiger partial charge in [0.05, 0.1) is 3.57 Å². The van der Waals surface area contributed by atoms with Gasteiger partial charge in [-0.05, 0) is 60.1 Å². The summed E-state index contributed by atoms with van der Waals surface area (Å²) in [6, 6.07) is 12.0. The zero-order valence-corrected chi connectivity index (χ0v) is 14.9. The van der Waals surface area contributed by atoms with E-state index < -0.39 is 0 Å². The molecule has 0 fully saturated rings. The van der Waals surface area contributed by atoms with Crippen molar-refractivity contribution < 1.29 is 9.52 Å². The maximum atomic E-state index is 10.6. The van der Waals surface area contributed by atoms with Crippen LogP contribution in [0.4, 0.5) is 5.69 Å². The summed E-state index contributed by atoms with van der Waals surface area (Å²) < 4.78 is 6.91. The van der Waals surface area contributed by atoms with Crippen LogP contribution in [0.25, 0.3) is 11.0 Å². The number of phenols is 1. The number of phenolic OH excluding ortho intramolecular Hbond substituents is 1. The van der Waals surface area contributed by atoms with Crippen LogP contribution < -0.4 is 5.32 Å². The molecule has 0 atom stereocenters. The van der Waals surface area contributed by atoms with Gasteiger partial charge < -0.3 is 14.8 Å². The number of halogens is 1. The minimum atomic E-state index is 0.371. The summed E-state index contributed by atoms with van der Waals surface area (Å²) >= 11 is 2.18. The van der Waals surface area contributed by atoms with Crippen molar-refractivity contribution in [2.75, 3.05) is 5.32 Å². The monoisotopic (exact) mass is 419 g/mol. The van der Waals surface area contributed by atoms with Crippen molar-refractivity contribution in [1.82, 2.24) is 0 Å². The average molecular weight is 419 g/mol. The number of aromatic hydroxyl groups is 1. The van der Waals surface area contributed by atoms with Gasteiger partial charge in [-0.15, -0.1) is 0 Å². The summed E-state index contributed by atoms with van der Waals surface area (Å²) in [7, 11) is 0. The van der Waals surface area contributed by atoms with Crippen molar-refractivity contribution in [2.24, 2.45) is 0 Å². The van der Waals surface area contributed by atoms with Gasteiger partial charge in [0.25, 0.3) is 0 Å². The molecule has 0 aliphatic heterocycles. The van der Waals surface area contributed by atoms with Crippen LogP contribution in [0.1, 0.15) is 29.7 Å². The molecule has 1 aliphatic carbocycles. The summed E-state index contributed by atoms with van der Waals surface area (Å²) in [5, 5.41) is 15.1. The summed E-state index contributed by atoms with van der Waals surface area (Å²) in [6.07, 6.45) is 4.43. The average Bonchev–Trinajstić information content (AvgIpc) is 2.94. The Hall–Kier alpha value is -1.69. The van der Waals surface area contributed by atoms with Crippen molar-refractivity contribution in [3.05, 3.63) is 56.9 Å². The zero-order chi connectivity index (χ0) is 15.8. The standard InChI is InChI=1S/C19H18INO2/c20-15-10-17-18(13-8-4-5-9-16(13)23-17)14(19(15)22)11-21-12-6-2-1-3-7-12/h1-3,6-7,10,21-22H,4-5,8-9,11H2. The highest BCUT2D eigenvalue weighted by molar-refractivity contribution is 14.1. The highest BCUT2D eigenvalue weighted by atomic mass is 127. The number of benzene rings is 2. The zero-order valence-electron chi connectivity index (χ0n) is 12.7. The molecule has 1 aliphatic rings. The lowest BCUT2D eigenvalue weighted by Gasteiger charge is -2.13. The molecule has 3 nitrogen and oxygen atoms in total. The summed E-state index contributed by atoms with van der Waals surface area (Å²) in [5.41, 5.74) is 4.20. The van der Waals surface area contributed by atoms with Crippen molar-refractivity contribution in [1.29, 1.82) is 0 Å². The van der Waals surface area contributed by atoms with Crippen LogP contribution in [0.3, 0.4) is 0 Å². The molecule has 23 heavy (non-hydrogen) atoms. The van der Waals surface area contributed by atoms with E-state index in [1.165, 1.54) is 18.4 Å². The number of nitrogens with one attached hydrogen (secondary N) is 1. The summed E-state index contributed by atoms with van der Waals surface area (Å²) in [4.78, 5) is 0. The molecule has 0 spiro atoms. The third-order valence-corrected chi connectivity index (χ3v) is 5.34. The van der Waals surface area contributed by atoms with Crippen LogP contribution in [-0.2, 0) is 19.4 Å². The van der Waals surface area contributed by atoms with Crippen molar-refractivity contribution >= 4 is 39.2 Å². The lowest BCUT2D eigenvalue weighted by atomic mass is 9.93. The van der Waals surface area contributed by atoms with Crippen LogP contribution >= 0.6 is 22.6 Å². The molecule has 0 saturated heterocycles. The van der Waals surface area contributed by atoms with E-state index in [2.05, 4.69) is 27.9 Å². The van der Waals surface area contributed by atoms with Crippen LogP contribution in [0.5, 0.6) is 5.75 Å². The number of furan rings is 1. The molecule has 0 unspecified atom stereocenters. The maximum Gasteiger partial charge on any atom is 0.136 e. The first-order chi connectivity index (χ1) is 11.2. The first-order valence-corrected chi connectivity index (χ1v) is 9.05. The molecule has 2 N–H and O–H groups in total. The third-order valence-electron chi connectivity index (χ3n) is 4.51. The van der Waals surface area contributed by atoms with Gasteiger partial charge in [-0.1, -0.05) is 18.2 Å². The first-order valence-electron chi connectivity index (χ1n) is 7.97. The molecule has 3 aromatic rings. The smallest absolute Gasteiger partial charge is 0.136 e. The van der Waals surface area contributed by atoms with E-state index >= 15 is 0 Å². The van der Waals surface area contributed by atoms with Gasteiger partial charge in [-0.25, -0.2) is 0 Å². The second kappa shape index (κ2) is 6.07. The quantitative estimate of drug-likeness (QED) is 0.572. The Labute approximate surface area is 148 Å². The Kier molecular flexibility index (Phi) is 3.93. The topological polar surface area (TPSA) is 45.4 Å². The molecule has 4 rings (SSSR count). The minimum absolute atomic E-state index is 0.371. The Balaban J connectivity index is 1.80. The van der Waals surface area contributed by atoms with E-state index in [4.69, 9.17) is 4.42 Å². The fourth-order valence-corrected chi connectivity index (χ4v) is 3.99. The summed E-state index contributed by atoms with van der Waals surface area (Å²) in [6.45, 7) is 0.592. The molecular formula is C19H18INO2. The van der Waals surface area contributed by atoms with Crippen LogP contribution in [-0.4, -0.2) is 5.11 Å². The highest BCUT2D eigenvalue weighted by Gasteiger charge is 2.23. The van der Waals surface area contributed by atoms with E-state index in [0.29, 0.717) is 12.3 Å². The molecule has 1 aromatic heterocycles. The first kappa shape index (κ1) is 14.9. The molecule has 0 radical (unpaired) electrons. The lowest BCUT2D eigenvalue weighted by molar-refractivity contribution is 0.465. The van der Waals surface area contributed by atoms with Gasteiger partial charge in [0.2, 0.25) is 0 Å². The fraction of sp³-hybridized carbons (Fsp3) is 0.263. The number of aryl methyl sites for hydroxylation is 2. The Morgan fingerprint density at radius 2 is 1.91 bits per heavy atom. The lowest BCUT2D eigenvalue weighted by Crippen LogP contribution is -2.04. The van der Waals surface area contributed by atoms with Crippen molar-refractivity contribution in [3.8, 4) is 5.75 Å². The van der Waals surface area contributed by atoms with E-state index in [0.717, 1.165) is 44.4 Å². The molecule has 0 saturated carbocycles. The van der Waals surface area contributed by atoms with Crippen molar-refractivity contribution in [2.45, 2.75) is 32.2 Å². The van der Waals surface area contributed by atoms with Crippen molar-refractivity contribution in [3.63, 3.8) is 0 Å². The second-order valence-corrected chi connectivity index (χ2v) is 7.15. The van der Waals surface area contributed by atoms with E-state index in [1.807, 2.05) is 36.4 Å². The Morgan fingerprint density at radius 1 is 1.13 bits per heavy atom. The number of rotatable bonds is 3. The fourth-order valence-electron chi connectivity index (χ4n) is 3.38. The SMILES string of the molecule is Oc1c(I)cc2oc3c(c2c1CNc1ccccc1)CCCC3. The van der Waals surface area contributed by atoms with Crippen LogP contribution in [0.2, 0.25) is 0 Å². The predicted octanol–water partition coefficient (Wildman–Crippen LogP) is 5.23. The summed E-state index contributed by atoms with van der Waals surface area (Å²) in [5.74, 6) is 1.48. The number of hydrogen-bond acceptors (Lipinski definition) is 3. The number of hydrogen-bond donors (Lipinski definition) is 2. The minimum Gasteiger partial charge on any atom is -0.506 e. The molecule has 4 heteroatoms. The van der Waals surface area contributed by atoms with E-state index in [-0.39, 0.29) is 0 Å². The predicted molar refractivity (Wildman–Crippen MR) is 101 cm³/mol. The molecule has 0 bridgehead atoms. The Bertz CT molecular complexity index is 855. The number of anilines is 1. The van der Waals surface area contributed by atoms with Gasteiger partial charge in [-0.3, -0.25) is 0 Å². The van der Waals surface area contributed by atoms with Gasteiger partial charge in [0.15, 0.2) is 0 Å². The van der Waals surface area contributed by atoms with Gasteiger partial charge in [0.1, 0.15) is 17.1 Å². The van der Waals surface area contributed by atoms with Gasteiger partial charge >= 0.3 is 0 Å². The number of fused-ring (bicyclic) bond motifs is 3. The normalized spacial score (nSPS) is 14.0. The molecule has 1 heterocycles. The van der Waals surface area contributed by atoms with E-state index in [9.17, 15) is 5.11 Å². The Morgan fingerprint density at radius 3 is 2.74 bits per heavy atom. The van der Waals surface area contributed by atoms with Crippen LogP contribution in [0.15, 0.2) is 40.8 Å². The largest absolute Gasteiger partial charge is 0.506 e. The van der Waals surface area contributed by atoms with E-state index in [1.54, 1.807) is 0 Å². The van der Waals surface area contributed by atoms with Crippen LogP contribution in [0, 0.1) is 3.57 Å². The third kappa shape index (κ3) is 2.69. The highest BCUT2D eigenvalue weighted by Crippen LogP contribution is 2.40. The molecular weight excluding hydrogens is 401 g/mol. The second-order valence-electron chi connectivity index (χ2n) is 5.99. The van der Waals surface area contributed by atoms with Gasteiger partial charge in [-0.2, -0.15) is 0 Å². The maximum absolute atomic E-state index is 10.6. The van der Waals surface area contributed by atoms with Gasteiger partial charge in [0, 0.05) is 35.2 Å². The molecule has 2 aromatic carbocycles. The molecule has 0 amide bonds. The molecule has 118 valence electrons.